The lowest BCUT2D eigenvalue weighted by molar-refractivity contribution is 0.746. The highest BCUT2D eigenvalue weighted by molar-refractivity contribution is 6.10. The van der Waals surface area contributed by atoms with Crippen LogP contribution in [0.1, 0.15) is 24.1 Å². The van der Waals surface area contributed by atoms with Gasteiger partial charge in [0.15, 0.2) is 6.21 Å². The summed E-state index contributed by atoms with van der Waals surface area (Å²) in [6.45, 7) is 5.79. The molecule has 2 heterocycles. The lowest BCUT2D eigenvalue weighted by Gasteiger charge is -2.16. The molecular weight excluding hydrogens is 498 g/mol. The van der Waals surface area contributed by atoms with E-state index in [2.05, 4.69) is 120 Å². The zero-order chi connectivity index (χ0) is 28.2. The zero-order valence-electron chi connectivity index (χ0n) is 23.1. The molecule has 2 aliphatic rings. The topological polar surface area (TPSA) is 38.9 Å². The Bertz CT molecular complexity index is 1840. The van der Waals surface area contributed by atoms with E-state index >= 15 is 0 Å². The van der Waals surface area contributed by atoms with Crippen molar-refractivity contribution in [3.63, 3.8) is 0 Å². The van der Waals surface area contributed by atoms with Crippen LogP contribution in [0.5, 0.6) is 0 Å². The van der Waals surface area contributed by atoms with Crippen molar-refractivity contribution >= 4 is 40.1 Å². The van der Waals surface area contributed by atoms with Crippen LogP contribution in [0.15, 0.2) is 140 Å². The van der Waals surface area contributed by atoms with Crippen molar-refractivity contribution in [2.75, 3.05) is 0 Å². The van der Waals surface area contributed by atoms with Crippen molar-refractivity contribution in [2.24, 2.45) is 0 Å². The molecule has 4 aromatic rings. The van der Waals surface area contributed by atoms with Gasteiger partial charge >= 0.3 is 0 Å². The molecule has 41 heavy (non-hydrogen) atoms. The van der Waals surface area contributed by atoms with E-state index in [-0.39, 0.29) is 6.04 Å². The van der Waals surface area contributed by atoms with Crippen molar-refractivity contribution in [1.82, 2.24) is 9.89 Å². The number of dihydropyridines is 1. The molecule has 0 spiro atoms. The number of nitrogens with one attached hydrogen (secondary N) is 2. The Morgan fingerprint density at radius 2 is 1.71 bits per heavy atom. The minimum absolute atomic E-state index is 0.155. The first-order valence-electron chi connectivity index (χ1n) is 13.9. The molecule has 198 valence electrons. The van der Waals surface area contributed by atoms with Gasteiger partial charge in [0.1, 0.15) is 0 Å². The molecule has 0 aromatic heterocycles. The Hall–Kier alpha value is -5.28. The minimum Gasteiger partial charge on any atom is -0.381 e. The molecule has 0 saturated carbocycles. The summed E-state index contributed by atoms with van der Waals surface area (Å²) < 4.78 is 2.33. The van der Waals surface area contributed by atoms with E-state index in [0.29, 0.717) is 0 Å². The van der Waals surface area contributed by atoms with E-state index in [1.165, 1.54) is 45.1 Å². The molecule has 4 aromatic carbocycles. The summed E-state index contributed by atoms with van der Waals surface area (Å²) in [4.78, 5) is 0. The predicted molar refractivity (Wildman–Crippen MR) is 177 cm³/mol. The Labute approximate surface area is 241 Å². The second kappa shape index (κ2) is 11.4. The van der Waals surface area contributed by atoms with Gasteiger partial charge < -0.3 is 10.7 Å². The molecule has 6 rings (SSSR count). The van der Waals surface area contributed by atoms with Gasteiger partial charge in [0.25, 0.3) is 0 Å². The monoisotopic (exact) mass is 530 g/mol. The SMILES string of the molecule is C=C/C=C(\C=N)c1ccc(-c2ccc3c4c(ccc3c2)-c2ccc(C3C=CC=CN3)cc2[N+]4=C/C=C\C=C/C)cc1. The second-order valence-corrected chi connectivity index (χ2v) is 10.1. The first-order chi connectivity index (χ1) is 20.2. The van der Waals surface area contributed by atoms with Gasteiger partial charge in [-0.25, -0.2) is 0 Å². The molecule has 0 saturated heterocycles. The Kier molecular flexibility index (Phi) is 7.25. The molecule has 2 N–H and O–H groups in total. The maximum absolute atomic E-state index is 7.70. The van der Waals surface area contributed by atoms with Gasteiger partial charge in [-0.2, -0.15) is 4.58 Å². The fraction of sp³-hybridized carbons (Fsp3) is 0.0526. The summed E-state index contributed by atoms with van der Waals surface area (Å²) in [6, 6.07) is 26.5. The average molecular weight is 531 g/mol. The molecule has 0 amide bonds. The third-order valence-corrected chi connectivity index (χ3v) is 7.60. The molecule has 3 nitrogen and oxygen atoms in total. The van der Waals surface area contributed by atoms with Crippen molar-refractivity contribution < 1.29 is 0 Å². The van der Waals surface area contributed by atoms with E-state index in [9.17, 15) is 0 Å². The highest BCUT2D eigenvalue weighted by atomic mass is 15.0. The van der Waals surface area contributed by atoms with Crippen LogP contribution in [0, 0.1) is 5.41 Å². The number of hydrogen-bond acceptors (Lipinski definition) is 2. The summed E-state index contributed by atoms with van der Waals surface area (Å²) in [7, 11) is 0. The van der Waals surface area contributed by atoms with Crippen LogP contribution in [0.3, 0.4) is 0 Å². The van der Waals surface area contributed by atoms with Crippen LogP contribution in [-0.4, -0.2) is 12.4 Å². The Balaban J connectivity index is 1.43. The van der Waals surface area contributed by atoms with Crippen LogP contribution in [0.4, 0.5) is 11.4 Å². The highest BCUT2D eigenvalue weighted by Gasteiger charge is 2.34. The van der Waals surface area contributed by atoms with Gasteiger partial charge in [-0.1, -0.05) is 91.6 Å². The van der Waals surface area contributed by atoms with Gasteiger partial charge in [0.2, 0.25) is 11.4 Å². The van der Waals surface area contributed by atoms with Crippen LogP contribution >= 0.6 is 0 Å². The first-order valence-corrected chi connectivity index (χ1v) is 13.9. The van der Waals surface area contributed by atoms with E-state index in [1.807, 2.05) is 37.4 Å². The normalized spacial score (nSPS) is 16.9. The third-order valence-electron chi connectivity index (χ3n) is 7.60. The van der Waals surface area contributed by atoms with Crippen LogP contribution in [-0.2, 0) is 0 Å². The largest absolute Gasteiger partial charge is 0.381 e. The van der Waals surface area contributed by atoms with Gasteiger partial charge in [-0.3, -0.25) is 0 Å². The number of benzene rings is 4. The number of allylic oxidation sites excluding steroid dienone is 9. The summed E-state index contributed by atoms with van der Waals surface area (Å²) in [5, 5.41) is 13.6. The van der Waals surface area contributed by atoms with Crippen molar-refractivity contribution in [1.29, 1.82) is 5.41 Å². The second-order valence-electron chi connectivity index (χ2n) is 10.1. The predicted octanol–water partition coefficient (Wildman–Crippen LogP) is 9.46. The van der Waals surface area contributed by atoms with E-state index in [1.54, 1.807) is 6.08 Å². The lowest BCUT2D eigenvalue weighted by atomic mass is 9.95. The van der Waals surface area contributed by atoms with E-state index in [0.717, 1.165) is 22.3 Å². The molecule has 0 bridgehead atoms. The standard InChI is InChI=1S/C38H32N3/c1-3-5-6-9-23-41-37-25-31(36-11-7-8-22-40-36)18-20-34(37)35-21-17-30-24-29(16-19-33(30)38(35)41)27-12-14-28(15-13-27)32(26-39)10-4-2/h3-26,36,39-40H,2H2,1H3/q+1/b5-3-,9-6-,32-10+,39-26?,41-23?. The maximum atomic E-state index is 7.70. The van der Waals surface area contributed by atoms with Crippen molar-refractivity contribution in [3.8, 4) is 22.3 Å². The number of rotatable bonds is 7. The number of fused-ring (bicyclic) bond motifs is 5. The summed E-state index contributed by atoms with van der Waals surface area (Å²) >= 11 is 0. The van der Waals surface area contributed by atoms with E-state index in [4.69, 9.17) is 5.41 Å². The number of nitrogens with zero attached hydrogens (tertiary/aromatic N) is 1. The minimum atomic E-state index is 0.155. The smallest absolute Gasteiger partial charge is 0.227 e. The fourth-order valence-electron chi connectivity index (χ4n) is 5.59. The van der Waals surface area contributed by atoms with Gasteiger partial charge in [-0.05, 0) is 76.7 Å². The van der Waals surface area contributed by atoms with Crippen molar-refractivity contribution in [2.45, 2.75) is 13.0 Å². The Morgan fingerprint density at radius 3 is 2.46 bits per heavy atom. The third kappa shape index (κ3) is 4.94. The summed E-state index contributed by atoms with van der Waals surface area (Å²) in [6.07, 6.45) is 23.7. The number of hydrogen-bond donors (Lipinski definition) is 2. The molecule has 1 atom stereocenters. The van der Waals surface area contributed by atoms with Crippen LogP contribution in [0.25, 0.3) is 38.6 Å². The summed E-state index contributed by atoms with van der Waals surface area (Å²) in [5.41, 5.74) is 10.3. The molecule has 0 fully saturated rings. The maximum Gasteiger partial charge on any atom is 0.227 e. The van der Waals surface area contributed by atoms with Gasteiger partial charge in [0.05, 0.1) is 22.6 Å². The first kappa shape index (κ1) is 26.0. The summed E-state index contributed by atoms with van der Waals surface area (Å²) in [5.74, 6) is 0. The van der Waals surface area contributed by atoms with Crippen molar-refractivity contribution in [3.05, 3.63) is 151 Å². The molecule has 1 unspecified atom stereocenters. The molecule has 3 heteroatoms. The van der Waals surface area contributed by atoms with Crippen LogP contribution in [0.2, 0.25) is 0 Å². The quantitative estimate of drug-likeness (QED) is 0.123. The molecule has 2 aliphatic heterocycles. The zero-order valence-corrected chi connectivity index (χ0v) is 23.1. The van der Waals surface area contributed by atoms with Gasteiger partial charge in [0, 0.05) is 18.4 Å². The van der Waals surface area contributed by atoms with E-state index < -0.39 is 0 Å². The lowest BCUT2D eigenvalue weighted by Crippen LogP contribution is -2.15. The van der Waals surface area contributed by atoms with Gasteiger partial charge in [-0.15, -0.1) is 0 Å². The fourth-order valence-corrected chi connectivity index (χ4v) is 5.59. The Morgan fingerprint density at radius 1 is 0.878 bits per heavy atom. The molecule has 0 aliphatic carbocycles. The highest BCUT2D eigenvalue weighted by Crippen LogP contribution is 2.49. The van der Waals surface area contributed by atoms with Crippen LogP contribution < -0.4 is 9.89 Å². The average Bonchev–Trinajstić information content (AvgIpc) is 3.35. The molecular formula is C38H32N3+. The molecule has 0 radical (unpaired) electrons.